The molecule has 1 amide bonds. The number of nitrogens with zero attached hydrogens (tertiary/aromatic N) is 1. The molecule has 108 valence electrons. The van der Waals surface area contributed by atoms with Crippen LogP contribution in [0.15, 0.2) is 18.2 Å². The molecule has 1 aromatic rings. The summed E-state index contributed by atoms with van der Waals surface area (Å²) in [6, 6.07) is 4.27. The van der Waals surface area contributed by atoms with E-state index in [9.17, 15) is 14.0 Å². The molecule has 0 N–H and O–H groups in total. The summed E-state index contributed by atoms with van der Waals surface area (Å²) in [4.78, 5) is 25.0. The Morgan fingerprint density at radius 1 is 1.05 bits per heavy atom. The van der Waals surface area contributed by atoms with E-state index in [1.807, 2.05) is 0 Å². The number of ketones is 1. The number of hydrogen-bond donors (Lipinski definition) is 0. The maximum absolute atomic E-state index is 13.8. The van der Waals surface area contributed by atoms with Gasteiger partial charge in [0.1, 0.15) is 5.82 Å². The zero-order valence-electron chi connectivity index (χ0n) is 11.8. The van der Waals surface area contributed by atoms with Gasteiger partial charge in [-0.15, -0.1) is 0 Å². The minimum absolute atomic E-state index is 0.163. The molecule has 0 radical (unpaired) electrons. The summed E-state index contributed by atoms with van der Waals surface area (Å²) >= 11 is 0. The van der Waals surface area contributed by atoms with Gasteiger partial charge >= 0.3 is 0 Å². The van der Waals surface area contributed by atoms with Gasteiger partial charge in [0.25, 0.3) is 11.7 Å². The number of Topliss-reactive ketones (excluding diaryl/α,β-unsaturated/α-hetero) is 1. The molecule has 0 aliphatic carbocycles. The molecule has 1 heterocycles. The molecule has 0 saturated carbocycles. The monoisotopic (exact) mass is 277 g/mol. The molecule has 1 aliphatic heterocycles. The van der Waals surface area contributed by atoms with Crippen molar-refractivity contribution < 1.29 is 14.0 Å². The smallest absolute Gasteiger partial charge is 0.299 e. The highest BCUT2D eigenvalue weighted by molar-refractivity contribution is 6.52. The number of fused-ring (bicyclic) bond motifs is 1. The number of rotatable bonds is 7. The Hall–Kier alpha value is -1.71. The largest absolute Gasteiger partial charge is 0.302 e. The van der Waals surface area contributed by atoms with E-state index in [4.69, 9.17) is 0 Å². The molecule has 20 heavy (non-hydrogen) atoms. The number of anilines is 1. The van der Waals surface area contributed by atoms with E-state index in [2.05, 4.69) is 6.92 Å². The molecule has 4 heteroatoms. The van der Waals surface area contributed by atoms with Gasteiger partial charge in [-0.2, -0.15) is 0 Å². The van der Waals surface area contributed by atoms with Crippen molar-refractivity contribution in [3.63, 3.8) is 0 Å². The molecule has 1 aliphatic rings. The second-order valence-electron chi connectivity index (χ2n) is 5.19. The first kappa shape index (κ1) is 14.7. The lowest BCUT2D eigenvalue weighted by atomic mass is 10.1. The predicted molar refractivity (Wildman–Crippen MR) is 76.5 cm³/mol. The van der Waals surface area contributed by atoms with E-state index >= 15 is 0 Å². The number of hydrogen-bond acceptors (Lipinski definition) is 2. The lowest BCUT2D eigenvalue weighted by Crippen LogP contribution is -2.31. The van der Waals surface area contributed by atoms with Crippen molar-refractivity contribution in [2.45, 2.75) is 45.4 Å². The average molecular weight is 277 g/mol. The van der Waals surface area contributed by atoms with Gasteiger partial charge in [0.2, 0.25) is 0 Å². The van der Waals surface area contributed by atoms with Crippen LogP contribution in [0.5, 0.6) is 0 Å². The van der Waals surface area contributed by atoms with Crippen molar-refractivity contribution in [1.29, 1.82) is 0 Å². The highest BCUT2D eigenvalue weighted by atomic mass is 19.1. The van der Waals surface area contributed by atoms with Crippen molar-refractivity contribution >= 4 is 17.4 Å². The molecular weight excluding hydrogens is 257 g/mol. The van der Waals surface area contributed by atoms with E-state index in [1.54, 1.807) is 0 Å². The maximum Gasteiger partial charge on any atom is 0.299 e. The Labute approximate surface area is 118 Å². The van der Waals surface area contributed by atoms with E-state index in [0.717, 1.165) is 19.3 Å². The molecule has 0 fully saturated rings. The molecular formula is C16H20FNO2. The van der Waals surface area contributed by atoms with Crippen LogP contribution >= 0.6 is 0 Å². The maximum atomic E-state index is 13.8. The molecule has 3 nitrogen and oxygen atoms in total. The number of benzene rings is 1. The van der Waals surface area contributed by atoms with Gasteiger partial charge in [-0.3, -0.25) is 9.59 Å². The number of halogens is 1. The zero-order chi connectivity index (χ0) is 14.5. The fraction of sp³-hybridized carbons (Fsp3) is 0.500. The van der Waals surface area contributed by atoms with Crippen LogP contribution in [0, 0.1) is 5.82 Å². The van der Waals surface area contributed by atoms with Crippen LogP contribution in [0.3, 0.4) is 0 Å². The molecule has 0 spiro atoms. The third-order valence-corrected chi connectivity index (χ3v) is 3.68. The first-order valence-corrected chi connectivity index (χ1v) is 7.31. The number of amides is 1. The van der Waals surface area contributed by atoms with E-state index in [-0.39, 0.29) is 11.3 Å². The fourth-order valence-electron chi connectivity index (χ4n) is 2.58. The quantitative estimate of drug-likeness (QED) is 0.562. The molecule has 0 saturated heterocycles. The Balaban J connectivity index is 1.96. The van der Waals surface area contributed by atoms with Crippen LogP contribution in [-0.2, 0) is 4.79 Å². The number of carbonyl (C=O) groups excluding carboxylic acids is 2. The zero-order valence-corrected chi connectivity index (χ0v) is 11.8. The number of para-hydroxylation sites is 1. The number of unbranched alkanes of at least 4 members (excludes halogenated alkanes) is 5. The molecule has 2 rings (SSSR count). The van der Waals surface area contributed by atoms with Gasteiger partial charge in [-0.1, -0.05) is 45.1 Å². The standard InChI is InChI=1S/C16H20FNO2/c1-2-3-4-5-6-7-11-18-14-12(15(19)16(18)20)9-8-10-13(14)17/h8-10H,2-7,11H2,1H3. The molecule has 0 unspecified atom stereocenters. The van der Waals surface area contributed by atoms with Gasteiger partial charge in [0, 0.05) is 6.54 Å². The minimum atomic E-state index is -0.598. The number of carbonyl (C=O) groups is 2. The van der Waals surface area contributed by atoms with E-state index < -0.39 is 17.5 Å². The topological polar surface area (TPSA) is 37.4 Å². The predicted octanol–water partition coefficient (Wildman–Crippen LogP) is 3.72. The second kappa shape index (κ2) is 6.64. The van der Waals surface area contributed by atoms with Gasteiger partial charge in [-0.05, 0) is 18.6 Å². The molecule has 1 aromatic carbocycles. The first-order valence-electron chi connectivity index (χ1n) is 7.31. The van der Waals surface area contributed by atoms with Gasteiger partial charge < -0.3 is 4.90 Å². The van der Waals surface area contributed by atoms with Gasteiger partial charge in [0.15, 0.2) is 0 Å². The van der Waals surface area contributed by atoms with Crippen molar-refractivity contribution in [1.82, 2.24) is 0 Å². The summed E-state index contributed by atoms with van der Waals surface area (Å²) in [5, 5.41) is 0. The molecule has 0 atom stereocenters. The van der Waals surface area contributed by atoms with Crippen LogP contribution < -0.4 is 4.90 Å². The lowest BCUT2D eigenvalue weighted by molar-refractivity contribution is -0.114. The van der Waals surface area contributed by atoms with E-state index in [0.29, 0.717) is 6.54 Å². The van der Waals surface area contributed by atoms with E-state index in [1.165, 1.54) is 42.4 Å². The molecule has 0 bridgehead atoms. The van der Waals surface area contributed by atoms with Crippen molar-refractivity contribution in [2.24, 2.45) is 0 Å². The summed E-state index contributed by atoms with van der Waals surface area (Å²) < 4.78 is 13.8. The Morgan fingerprint density at radius 3 is 2.50 bits per heavy atom. The van der Waals surface area contributed by atoms with Crippen LogP contribution in [0.2, 0.25) is 0 Å². The summed E-state index contributed by atoms with van der Waals surface area (Å²) in [6.07, 6.45) is 6.52. The molecule has 0 aromatic heterocycles. The highest BCUT2D eigenvalue weighted by Gasteiger charge is 2.37. The SMILES string of the molecule is CCCCCCCCN1C(=O)C(=O)c2cccc(F)c21. The Kier molecular flexibility index (Phi) is 4.88. The van der Waals surface area contributed by atoms with Crippen molar-refractivity contribution in [2.75, 3.05) is 11.4 Å². The summed E-state index contributed by atoms with van der Waals surface area (Å²) in [5.74, 6) is -1.68. The third kappa shape index (κ3) is 2.89. The first-order chi connectivity index (χ1) is 9.66. The highest BCUT2D eigenvalue weighted by Crippen LogP contribution is 2.31. The van der Waals surface area contributed by atoms with Crippen molar-refractivity contribution in [3.8, 4) is 0 Å². The summed E-state index contributed by atoms with van der Waals surface area (Å²) in [5.41, 5.74) is 0.358. The van der Waals surface area contributed by atoms with Gasteiger partial charge in [-0.25, -0.2) is 4.39 Å². The van der Waals surface area contributed by atoms with Crippen LogP contribution in [0.1, 0.15) is 55.8 Å². The van der Waals surface area contributed by atoms with Gasteiger partial charge in [0.05, 0.1) is 11.3 Å². The fourth-order valence-corrected chi connectivity index (χ4v) is 2.58. The second-order valence-corrected chi connectivity index (χ2v) is 5.19. The van der Waals surface area contributed by atoms with Crippen LogP contribution in [0.4, 0.5) is 10.1 Å². The summed E-state index contributed by atoms with van der Waals surface area (Å²) in [7, 11) is 0. The average Bonchev–Trinajstić information content (AvgIpc) is 2.69. The third-order valence-electron chi connectivity index (χ3n) is 3.68. The van der Waals surface area contributed by atoms with Crippen molar-refractivity contribution in [3.05, 3.63) is 29.6 Å². The summed E-state index contributed by atoms with van der Waals surface area (Å²) in [6.45, 7) is 2.58. The lowest BCUT2D eigenvalue weighted by Gasteiger charge is -2.16. The Bertz CT molecular complexity index is 513. The Morgan fingerprint density at radius 2 is 1.75 bits per heavy atom. The van der Waals surface area contributed by atoms with Crippen LogP contribution in [-0.4, -0.2) is 18.2 Å². The minimum Gasteiger partial charge on any atom is -0.302 e. The van der Waals surface area contributed by atoms with Crippen LogP contribution in [0.25, 0.3) is 0 Å². The normalized spacial score (nSPS) is 14.0.